The van der Waals surface area contributed by atoms with Gasteiger partial charge in [0, 0.05) is 0 Å². The van der Waals surface area contributed by atoms with Gasteiger partial charge in [-0.3, -0.25) is 0 Å². The van der Waals surface area contributed by atoms with Gasteiger partial charge in [-0.05, 0) is 29.5 Å². The molecule has 4 heteroatoms. The van der Waals surface area contributed by atoms with E-state index in [1.165, 1.54) is 24.8 Å². The molecule has 3 nitrogen and oxygen atoms in total. The minimum absolute atomic E-state index is 0.0303. The molecule has 126 valence electrons. The molecule has 0 atom stereocenters. The number of benzene rings is 1. The number of aliphatic hydroxyl groups excluding tert-OH is 1. The summed E-state index contributed by atoms with van der Waals surface area (Å²) in [5.41, 5.74) is 1.37. The van der Waals surface area contributed by atoms with Crippen LogP contribution in [0.25, 0.3) is 0 Å². The molecule has 0 saturated carbocycles. The third kappa shape index (κ3) is 6.55. The quantitative estimate of drug-likeness (QED) is 0.604. The summed E-state index contributed by atoms with van der Waals surface area (Å²) < 4.78 is 10.8. The summed E-state index contributed by atoms with van der Waals surface area (Å²) in [7, 11) is 0. The second-order valence-corrected chi connectivity index (χ2v) is 6.58. The number of ether oxygens (including phenoxy) is 2. The van der Waals surface area contributed by atoms with Crippen LogP contribution >= 0.6 is 11.6 Å². The maximum Gasteiger partial charge on any atom is 0.138 e. The maximum absolute atomic E-state index is 8.62. The van der Waals surface area contributed by atoms with Crippen LogP contribution in [0.4, 0.5) is 0 Å². The zero-order chi connectivity index (χ0) is 16.4. The lowest BCUT2D eigenvalue weighted by molar-refractivity contribution is 0.0705. The molecule has 0 heterocycles. The fourth-order valence-electron chi connectivity index (χ4n) is 2.38. The van der Waals surface area contributed by atoms with Crippen molar-refractivity contribution in [2.24, 2.45) is 0 Å². The standard InChI is InChI=1S/C18H29ClO3/c1-4-5-6-9-18(2,3)15-7-8-17(16(19)14-15)22-13-12-21-11-10-20/h7-8,14,20H,4-6,9-13H2,1-3H3. The largest absolute Gasteiger partial charge is 0.490 e. The first-order valence-corrected chi connectivity index (χ1v) is 8.50. The number of unbranched alkanes of at least 4 members (excludes halogenated alkanes) is 2. The van der Waals surface area contributed by atoms with E-state index in [9.17, 15) is 0 Å². The van der Waals surface area contributed by atoms with Gasteiger partial charge in [-0.15, -0.1) is 0 Å². The maximum atomic E-state index is 8.62. The van der Waals surface area contributed by atoms with Crippen molar-refractivity contribution in [3.05, 3.63) is 28.8 Å². The summed E-state index contributed by atoms with van der Waals surface area (Å²) in [6.07, 6.45) is 4.90. The molecule has 0 saturated heterocycles. The zero-order valence-electron chi connectivity index (χ0n) is 14.0. The number of hydrogen-bond donors (Lipinski definition) is 1. The van der Waals surface area contributed by atoms with Gasteiger partial charge in [-0.2, -0.15) is 0 Å². The molecule has 0 unspecified atom stereocenters. The lowest BCUT2D eigenvalue weighted by Gasteiger charge is -2.26. The van der Waals surface area contributed by atoms with Gasteiger partial charge < -0.3 is 14.6 Å². The van der Waals surface area contributed by atoms with E-state index in [1.807, 2.05) is 12.1 Å². The van der Waals surface area contributed by atoms with Gasteiger partial charge in [0.2, 0.25) is 0 Å². The molecule has 0 spiro atoms. The summed E-state index contributed by atoms with van der Waals surface area (Å²) in [4.78, 5) is 0. The Kier molecular flexibility index (Phi) is 8.84. The molecule has 1 rings (SSSR count). The first-order chi connectivity index (χ1) is 10.5. The smallest absolute Gasteiger partial charge is 0.138 e. The average Bonchev–Trinajstić information content (AvgIpc) is 2.48. The van der Waals surface area contributed by atoms with Crippen molar-refractivity contribution < 1.29 is 14.6 Å². The van der Waals surface area contributed by atoms with Gasteiger partial charge in [-0.25, -0.2) is 0 Å². The molecule has 1 N–H and O–H groups in total. The van der Waals surface area contributed by atoms with Crippen molar-refractivity contribution in [3.8, 4) is 5.75 Å². The Bertz CT molecular complexity index is 432. The van der Waals surface area contributed by atoms with Crippen LogP contribution in [-0.4, -0.2) is 31.5 Å². The lowest BCUT2D eigenvalue weighted by Crippen LogP contribution is -2.17. The molecule has 0 aliphatic carbocycles. The van der Waals surface area contributed by atoms with Crippen LogP contribution in [0.2, 0.25) is 5.02 Å². The number of aliphatic hydroxyl groups is 1. The highest BCUT2D eigenvalue weighted by atomic mass is 35.5. The number of rotatable bonds is 11. The van der Waals surface area contributed by atoms with Gasteiger partial charge in [-0.1, -0.05) is 57.7 Å². The first-order valence-electron chi connectivity index (χ1n) is 8.12. The first kappa shape index (κ1) is 19.3. The predicted molar refractivity (Wildman–Crippen MR) is 92.0 cm³/mol. The van der Waals surface area contributed by atoms with Crippen LogP contribution in [0.5, 0.6) is 5.75 Å². The molecule has 0 radical (unpaired) electrons. The molecule has 0 fully saturated rings. The van der Waals surface area contributed by atoms with Crippen LogP contribution in [0, 0.1) is 0 Å². The third-order valence-corrected chi connectivity index (χ3v) is 4.13. The van der Waals surface area contributed by atoms with Crippen molar-refractivity contribution >= 4 is 11.6 Å². The Morgan fingerprint density at radius 3 is 2.55 bits per heavy atom. The van der Waals surface area contributed by atoms with Crippen LogP contribution in [0.3, 0.4) is 0 Å². The molecule has 0 aliphatic rings. The number of hydrogen-bond acceptors (Lipinski definition) is 3. The summed E-state index contributed by atoms with van der Waals surface area (Å²) in [6, 6.07) is 6.05. The SMILES string of the molecule is CCCCCC(C)(C)c1ccc(OCCOCCO)c(Cl)c1. The van der Waals surface area contributed by atoms with E-state index in [0.717, 1.165) is 6.42 Å². The second kappa shape index (κ2) is 10.1. The summed E-state index contributed by atoms with van der Waals surface area (Å²) >= 11 is 6.33. The molecular formula is C18H29ClO3. The van der Waals surface area contributed by atoms with Crippen LogP contribution in [0.1, 0.15) is 52.0 Å². The van der Waals surface area contributed by atoms with Crippen molar-refractivity contribution in [2.45, 2.75) is 51.9 Å². The van der Waals surface area contributed by atoms with Gasteiger partial charge in [0.05, 0.1) is 24.8 Å². The average molecular weight is 329 g/mol. The molecule has 1 aromatic rings. The van der Waals surface area contributed by atoms with Gasteiger partial charge >= 0.3 is 0 Å². The molecule has 0 aromatic heterocycles. The van der Waals surface area contributed by atoms with Crippen LogP contribution < -0.4 is 4.74 Å². The fraction of sp³-hybridized carbons (Fsp3) is 0.667. The van der Waals surface area contributed by atoms with E-state index in [0.29, 0.717) is 30.6 Å². The second-order valence-electron chi connectivity index (χ2n) is 6.17. The lowest BCUT2D eigenvalue weighted by atomic mass is 9.80. The van der Waals surface area contributed by atoms with Crippen LogP contribution in [0.15, 0.2) is 18.2 Å². The van der Waals surface area contributed by atoms with Gasteiger partial charge in [0.1, 0.15) is 12.4 Å². The van der Waals surface area contributed by atoms with E-state index in [-0.39, 0.29) is 12.0 Å². The molecule has 0 bridgehead atoms. The minimum atomic E-state index is 0.0303. The topological polar surface area (TPSA) is 38.7 Å². The van der Waals surface area contributed by atoms with Crippen molar-refractivity contribution in [3.63, 3.8) is 0 Å². The molecular weight excluding hydrogens is 300 g/mol. The molecule has 0 amide bonds. The Hall–Kier alpha value is -0.770. The monoisotopic (exact) mass is 328 g/mol. The summed E-state index contributed by atoms with van der Waals surface area (Å²) in [5.74, 6) is 0.683. The minimum Gasteiger partial charge on any atom is -0.490 e. The van der Waals surface area contributed by atoms with Crippen molar-refractivity contribution in [2.75, 3.05) is 26.4 Å². The van der Waals surface area contributed by atoms with Crippen molar-refractivity contribution in [1.82, 2.24) is 0 Å². The summed E-state index contributed by atoms with van der Waals surface area (Å²) in [5, 5.41) is 9.27. The van der Waals surface area contributed by atoms with E-state index in [2.05, 4.69) is 26.8 Å². The van der Waals surface area contributed by atoms with E-state index in [4.69, 9.17) is 26.2 Å². The van der Waals surface area contributed by atoms with Crippen molar-refractivity contribution in [1.29, 1.82) is 0 Å². The highest BCUT2D eigenvalue weighted by Crippen LogP contribution is 2.34. The summed E-state index contributed by atoms with van der Waals surface area (Å²) in [6.45, 7) is 7.99. The fourth-order valence-corrected chi connectivity index (χ4v) is 2.61. The molecule has 1 aromatic carbocycles. The Morgan fingerprint density at radius 1 is 1.14 bits per heavy atom. The molecule has 22 heavy (non-hydrogen) atoms. The van der Waals surface area contributed by atoms with Gasteiger partial charge in [0.15, 0.2) is 0 Å². The normalized spacial score (nSPS) is 11.7. The van der Waals surface area contributed by atoms with Crippen LogP contribution in [-0.2, 0) is 10.2 Å². The van der Waals surface area contributed by atoms with E-state index >= 15 is 0 Å². The van der Waals surface area contributed by atoms with Gasteiger partial charge in [0.25, 0.3) is 0 Å². The van der Waals surface area contributed by atoms with E-state index in [1.54, 1.807) is 0 Å². The Labute approximate surface area is 139 Å². The predicted octanol–water partition coefficient (Wildman–Crippen LogP) is 4.59. The third-order valence-electron chi connectivity index (χ3n) is 3.84. The number of halogens is 1. The highest BCUT2D eigenvalue weighted by Gasteiger charge is 2.21. The molecule has 0 aliphatic heterocycles. The van der Waals surface area contributed by atoms with E-state index < -0.39 is 0 Å². The highest BCUT2D eigenvalue weighted by molar-refractivity contribution is 6.32. The Morgan fingerprint density at radius 2 is 1.91 bits per heavy atom. The Balaban J connectivity index is 2.56. The zero-order valence-corrected chi connectivity index (χ0v) is 14.8.